The summed E-state index contributed by atoms with van der Waals surface area (Å²) < 4.78 is 51.5. The zero-order valence-corrected chi connectivity index (χ0v) is 58.1. The van der Waals surface area contributed by atoms with Crippen molar-refractivity contribution in [3.63, 3.8) is 0 Å². The number of alkyl carbamates (subject to hydrolysis) is 1. The van der Waals surface area contributed by atoms with Crippen molar-refractivity contribution in [3.05, 3.63) is 11.6 Å². The zero-order valence-electron chi connectivity index (χ0n) is 58.1. The maximum Gasteiger partial charge on any atom is 0.407 e. The molecule has 14 unspecified atom stereocenters. The summed E-state index contributed by atoms with van der Waals surface area (Å²) in [6.45, 7) is 20.0. The Balaban J connectivity index is 0.861. The van der Waals surface area contributed by atoms with Crippen LogP contribution in [0.25, 0.3) is 0 Å². The lowest BCUT2D eigenvalue weighted by molar-refractivity contribution is -0.293. The van der Waals surface area contributed by atoms with E-state index in [1.54, 1.807) is 6.92 Å². The topological polar surface area (TPSA) is 333 Å². The molecule has 0 aromatic carbocycles. The van der Waals surface area contributed by atoms with Crippen LogP contribution in [-0.2, 0) is 66.6 Å². The fourth-order valence-electron chi connectivity index (χ4n) is 15.0. The van der Waals surface area contributed by atoms with Crippen LogP contribution < -0.4 is 27.0 Å². The zero-order chi connectivity index (χ0) is 68.4. The number of nitrogens with two attached hydrogens (primary N) is 1. The number of nitrogens with one attached hydrogen (secondary N) is 4. The molecule has 1 heterocycles. The molecule has 0 spiro atoms. The highest BCUT2D eigenvalue weighted by Gasteiger charge is 2.59. The highest BCUT2D eigenvalue weighted by molar-refractivity contribution is 5.82. The Hall–Kier alpha value is -4.21. The summed E-state index contributed by atoms with van der Waals surface area (Å²) in [5, 5.41) is 41.5. The molecule has 540 valence electrons. The average molecular weight is 1340 g/mol. The molecular weight excluding hydrogens is 1210 g/mol. The van der Waals surface area contributed by atoms with Gasteiger partial charge in [-0.3, -0.25) is 24.2 Å². The van der Waals surface area contributed by atoms with Gasteiger partial charge in [-0.2, -0.15) is 0 Å². The predicted molar refractivity (Wildman–Crippen MR) is 355 cm³/mol. The molecule has 1 saturated heterocycles. The molecule has 0 bridgehead atoms. The minimum absolute atomic E-state index is 0.000585. The number of carbonyl (C=O) groups is 6. The molecule has 4 fully saturated rings. The Labute approximate surface area is 560 Å². The van der Waals surface area contributed by atoms with Gasteiger partial charge in [-0.25, -0.2) is 4.79 Å². The Morgan fingerprint density at radius 2 is 1.33 bits per heavy atom. The van der Waals surface area contributed by atoms with Crippen LogP contribution in [0.3, 0.4) is 0 Å². The molecular formula is C70H122N6O18. The third-order valence-corrected chi connectivity index (χ3v) is 20.4. The number of fused-ring (bicyclic) bond motifs is 5. The number of aliphatic hydroxyl groups excluding tert-OH is 3. The molecule has 5 amide bonds. The number of aldehydes is 1. The summed E-state index contributed by atoms with van der Waals surface area (Å²) in [5.74, 6) is 3.61. The van der Waals surface area contributed by atoms with Crippen molar-refractivity contribution in [3.8, 4) is 0 Å². The van der Waals surface area contributed by atoms with Gasteiger partial charge in [-0.05, 0) is 137 Å². The standard InChI is InChI=1S/C70H122N6O18/c1-49(2)15-12-16-50(3)56-22-23-57-55-21-20-53-45-54(24-28-68(53,6)58(55)25-29-69(56,57)7)94-67(85)75-30-13-35-86-41-43-88-44-42-87-40-33-74-61(80)17-8-9-19-62(81)76-70(46-89-36-14-34-77,48-91-39-27-59(71)78)47-90-38-26-51(4)72-31-32-73-60(79)18-10-11-37-92-66-65(84)64(83)63(82)52(5)93-66/h20,34,49-50,52,54-58,63-66,82-84H,8-19,21-33,35-48H2,1-7H3,(H2,71,78)(H,73,79)(H,74,80)(H,75,85)(H,76,81). The number of aliphatic imine (C=N–C) groups is 1. The molecule has 14 atom stereocenters. The fourth-order valence-corrected chi connectivity index (χ4v) is 15.0. The second kappa shape index (κ2) is 43.2. The van der Waals surface area contributed by atoms with E-state index >= 15 is 0 Å². The predicted octanol–water partition coefficient (Wildman–Crippen LogP) is 6.59. The van der Waals surface area contributed by atoms with Gasteiger partial charge in [-0.15, -0.1) is 0 Å². The number of carbonyl (C=O) groups excluding carboxylic acids is 6. The fraction of sp³-hybridized carbons (Fsp3) is 0.871. The van der Waals surface area contributed by atoms with E-state index in [0.717, 1.165) is 66.8 Å². The first-order chi connectivity index (χ1) is 45.1. The van der Waals surface area contributed by atoms with Crippen LogP contribution in [0.4, 0.5) is 4.79 Å². The molecule has 4 aliphatic carbocycles. The number of amides is 5. The van der Waals surface area contributed by atoms with E-state index in [2.05, 4.69) is 67.0 Å². The van der Waals surface area contributed by atoms with Crippen LogP contribution >= 0.6 is 0 Å². The number of hydrogen-bond donors (Lipinski definition) is 8. The van der Waals surface area contributed by atoms with E-state index < -0.39 is 42.2 Å². The van der Waals surface area contributed by atoms with Crippen molar-refractivity contribution in [1.82, 2.24) is 21.3 Å². The first-order valence-corrected chi connectivity index (χ1v) is 35.6. The van der Waals surface area contributed by atoms with Gasteiger partial charge >= 0.3 is 6.09 Å². The van der Waals surface area contributed by atoms with E-state index in [-0.39, 0.29) is 114 Å². The summed E-state index contributed by atoms with van der Waals surface area (Å²) in [6.07, 6.45) is 14.4. The van der Waals surface area contributed by atoms with Crippen LogP contribution in [0.2, 0.25) is 0 Å². The van der Waals surface area contributed by atoms with E-state index in [0.29, 0.717) is 110 Å². The Kier molecular flexibility index (Phi) is 37.0. The highest BCUT2D eigenvalue weighted by Crippen LogP contribution is 2.67. The normalized spacial score (nSPS) is 27.6. The quantitative estimate of drug-likeness (QED) is 0.0138. The van der Waals surface area contributed by atoms with Crippen LogP contribution in [-0.4, -0.2) is 211 Å². The molecule has 5 aliphatic rings. The third kappa shape index (κ3) is 27.6. The summed E-state index contributed by atoms with van der Waals surface area (Å²) in [5.41, 5.74) is 7.13. The summed E-state index contributed by atoms with van der Waals surface area (Å²) in [7, 11) is 0. The Bertz CT molecular complexity index is 2320. The molecule has 0 radical (unpaired) electrons. The molecule has 24 nitrogen and oxygen atoms in total. The van der Waals surface area contributed by atoms with Crippen LogP contribution in [0.5, 0.6) is 0 Å². The first kappa shape index (κ1) is 80.5. The van der Waals surface area contributed by atoms with Crippen LogP contribution in [0, 0.1) is 46.3 Å². The monoisotopic (exact) mass is 1330 g/mol. The van der Waals surface area contributed by atoms with Gasteiger partial charge in [0.05, 0.1) is 85.3 Å². The lowest BCUT2D eigenvalue weighted by Crippen LogP contribution is -2.58. The van der Waals surface area contributed by atoms with Gasteiger partial charge < -0.3 is 89.7 Å². The van der Waals surface area contributed by atoms with Gasteiger partial charge in [0.15, 0.2) is 6.29 Å². The lowest BCUT2D eigenvalue weighted by atomic mass is 9.47. The van der Waals surface area contributed by atoms with E-state index in [9.17, 15) is 44.1 Å². The van der Waals surface area contributed by atoms with Crippen molar-refractivity contribution in [1.29, 1.82) is 0 Å². The smallest absolute Gasteiger partial charge is 0.407 e. The number of allylic oxidation sites excluding steroid dienone is 1. The molecule has 9 N–H and O–H groups in total. The minimum atomic E-state index is -1.38. The minimum Gasteiger partial charge on any atom is -0.446 e. The Morgan fingerprint density at radius 1 is 0.681 bits per heavy atom. The largest absolute Gasteiger partial charge is 0.446 e. The first-order valence-electron chi connectivity index (χ1n) is 35.6. The van der Waals surface area contributed by atoms with Crippen molar-refractivity contribution in [2.24, 2.45) is 57.1 Å². The van der Waals surface area contributed by atoms with Gasteiger partial charge in [-0.1, -0.05) is 65.5 Å². The van der Waals surface area contributed by atoms with Crippen molar-refractivity contribution < 1.29 is 86.7 Å². The maximum absolute atomic E-state index is 13.4. The van der Waals surface area contributed by atoms with E-state index in [1.807, 2.05) is 6.92 Å². The number of nitrogens with zero attached hydrogens (tertiary/aromatic N) is 1. The molecule has 24 heteroatoms. The van der Waals surface area contributed by atoms with Crippen molar-refractivity contribution >= 4 is 41.7 Å². The summed E-state index contributed by atoms with van der Waals surface area (Å²) in [4.78, 5) is 78.3. The van der Waals surface area contributed by atoms with Crippen molar-refractivity contribution in [2.45, 2.75) is 232 Å². The van der Waals surface area contributed by atoms with Gasteiger partial charge in [0, 0.05) is 83.5 Å². The number of rotatable bonds is 49. The van der Waals surface area contributed by atoms with Gasteiger partial charge in [0.25, 0.3) is 0 Å². The number of unbranched alkanes of at least 4 members (excludes halogenated alkanes) is 2. The number of hydrogen-bond acceptors (Lipinski definition) is 19. The van der Waals surface area contributed by atoms with Crippen molar-refractivity contribution in [2.75, 3.05) is 112 Å². The number of primary amides is 1. The molecule has 94 heavy (non-hydrogen) atoms. The van der Waals surface area contributed by atoms with E-state index in [1.165, 1.54) is 56.9 Å². The second-order valence-corrected chi connectivity index (χ2v) is 28.1. The SMILES string of the molecule is CC(CCOCC(COCCC=O)(COCCC(N)=O)NC(=O)CCCCC(=O)NCCOCCOCCOCCCNC(=O)OC1CCC2(C)C(=CCC3C2CCC2(C)C(C(C)CCCC(C)C)CCC32)C1)=NCCNC(=O)CCCCOC1OC(C)C(O)C(O)C1O. The molecule has 0 aromatic rings. The number of aliphatic hydroxyl groups is 3. The van der Waals surface area contributed by atoms with Gasteiger partial charge in [0.2, 0.25) is 23.6 Å². The average Bonchev–Trinajstić information content (AvgIpc) is 1.43. The molecule has 1 aliphatic heterocycles. The van der Waals surface area contributed by atoms with Gasteiger partial charge in [0.1, 0.15) is 36.2 Å². The molecule has 3 saturated carbocycles. The number of ether oxygens (including phenoxy) is 9. The molecule has 5 rings (SSSR count). The van der Waals surface area contributed by atoms with Crippen LogP contribution in [0.1, 0.15) is 190 Å². The maximum atomic E-state index is 13.4. The second-order valence-electron chi connectivity index (χ2n) is 28.1. The summed E-state index contributed by atoms with van der Waals surface area (Å²) in [6, 6.07) is 0. The highest BCUT2D eigenvalue weighted by atomic mass is 16.7. The summed E-state index contributed by atoms with van der Waals surface area (Å²) >= 11 is 0. The Morgan fingerprint density at radius 3 is 2.02 bits per heavy atom. The lowest BCUT2D eigenvalue weighted by Gasteiger charge is -2.58. The molecule has 0 aromatic heterocycles. The van der Waals surface area contributed by atoms with Crippen LogP contribution in [0.15, 0.2) is 16.6 Å². The van der Waals surface area contributed by atoms with E-state index in [4.69, 9.17) is 48.4 Å². The third-order valence-electron chi connectivity index (χ3n) is 20.4.